The highest BCUT2D eigenvalue weighted by Crippen LogP contribution is 2.34. The molecule has 1 amide bonds. The Morgan fingerprint density at radius 3 is 2.81 bits per heavy atom. The standard InChI is InChI=1S/C12H15N3O/c1-2-12(6-3-7-12)15-11(16)10-5-4-9(8-13)14-10/h4-5,14H,2-3,6-7H2,1H3,(H,15,16). The molecule has 16 heavy (non-hydrogen) atoms. The molecule has 1 aliphatic rings. The second kappa shape index (κ2) is 4.01. The van der Waals surface area contributed by atoms with Gasteiger partial charge in [-0.15, -0.1) is 0 Å². The van der Waals surface area contributed by atoms with Crippen LogP contribution < -0.4 is 5.32 Å². The fraction of sp³-hybridized carbons (Fsp3) is 0.500. The molecule has 4 nitrogen and oxygen atoms in total. The van der Waals surface area contributed by atoms with Crippen LogP contribution in [-0.2, 0) is 0 Å². The Morgan fingerprint density at radius 2 is 2.38 bits per heavy atom. The Balaban J connectivity index is 2.05. The van der Waals surface area contributed by atoms with Crippen molar-refractivity contribution < 1.29 is 4.79 Å². The van der Waals surface area contributed by atoms with Gasteiger partial charge in [-0.25, -0.2) is 0 Å². The zero-order chi connectivity index (χ0) is 11.6. The van der Waals surface area contributed by atoms with Crippen molar-refractivity contribution in [2.24, 2.45) is 0 Å². The van der Waals surface area contributed by atoms with Gasteiger partial charge >= 0.3 is 0 Å². The number of aromatic nitrogens is 1. The fourth-order valence-electron chi connectivity index (χ4n) is 2.07. The average Bonchev–Trinajstić information content (AvgIpc) is 2.71. The lowest BCUT2D eigenvalue weighted by atomic mass is 9.75. The molecule has 0 bridgehead atoms. The summed E-state index contributed by atoms with van der Waals surface area (Å²) in [6.45, 7) is 2.09. The first kappa shape index (κ1) is 10.7. The zero-order valence-electron chi connectivity index (χ0n) is 9.34. The highest BCUT2D eigenvalue weighted by Gasteiger charge is 2.36. The molecular weight excluding hydrogens is 202 g/mol. The van der Waals surface area contributed by atoms with Gasteiger partial charge in [0, 0.05) is 5.54 Å². The van der Waals surface area contributed by atoms with Gasteiger partial charge in [-0.2, -0.15) is 5.26 Å². The number of carbonyl (C=O) groups excluding carboxylic acids is 1. The van der Waals surface area contributed by atoms with Crippen LogP contribution in [0.4, 0.5) is 0 Å². The number of nitrogens with one attached hydrogen (secondary N) is 2. The number of aromatic amines is 1. The number of carbonyl (C=O) groups is 1. The molecule has 2 N–H and O–H groups in total. The van der Waals surface area contributed by atoms with E-state index < -0.39 is 0 Å². The smallest absolute Gasteiger partial charge is 0.268 e. The van der Waals surface area contributed by atoms with Crippen LogP contribution in [0.2, 0.25) is 0 Å². The maximum atomic E-state index is 11.9. The van der Waals surface area contributed by atoms with Crippen molar-refractivity contribution in [2.75, 3.05) is 0 Å². The number of hydrogen-bond donors (Lipinski definition) is 2. The van der Waals surface area contributed by atoms with Crippen LogP contribution in [0.25, 0.3) is 0 Å². The van der Waals surface area contributed by atoms with Crippen molar-refractivity contribution in [3.63, 3.8) is 0 Å². The van der Waals surface area contributed by atoms with E-state index in [1.165, 1.54) is 6.42 Å². The Bertz CT molecular complexity index is 432. The molecule has 0 aromatic carbocycles. The summed E-state index contributed by atoms with van der Waals surface area (Å²) < 4.78 is 0. The molecule has 1 aliphatic carbocycles. The second-order valence-corrected chi connectivity index (χ2v) is 4.34. The Kier molecular flexibility index (Phi) is 2.69. The summed E-state index contributed by atoms with van der Waals surface area (Å²) in [7, 11) is 0. The normalized spacial score (nSPS) is 17.2. The van der Waals surface area contributed by atoms with E-state index in [1.54, 1.807) is 12.1 Å². The number of rotatable bonds is 3. The Hall–Kier alpha value is -1.76. The number of nitrogens with zero attached hydrogens (tertiary/aromatic N) is 1. The number of nitriles is 1. The monoisotopic (exact) mass is 217 g/mol. The molecule has 1 aromatic rings. The van der Waals surface area contributed by atoms with E-state index in [4.69, 9.17) is 5.26 Å². The van der Waals surface area contributed by atoms with Crippen LogP contribution in [0.1, 0.15) is 48.8 Å². The third-order valence-corrected chi connectivity index (χ3v) is 3.42. The van der Waals surface area contributed by atoms with Crippen LogP contribution in [0.15, 0.2) is 12.1 Å². The van der Waals surface area contributed by atoms with E-state index in [0.29, 0.717) is 11.4 Å². The van der Waals surface area contributed by atoms with Gasteiger partial charge in [0.05, 0.1) is 0 Å². The van der Waals surface area contributed by atoms with Crippen molar-refractivity contribution in [3.8, 4) is 6.07 Å². The summed E-state index contributed by atoms with van der Waals surface area (Å²) in [6.07, 6.45) is 4.26. The van der Waals surface area contributed by atoms with Gasteiger partial charge in [-0.3, -0.25) is 4.79 Å². The molecule has 1 fully saturated rings. The van der Waals surface area contributed by atoms with Gasteiger partial charge in [-0.05, 0) is 37.8 Å². The highest BCUT2D eigenvalue weighted by molar-refractivity contribution is 5.93. The van der Waals surface area contributed by atoms with Gasteiger partial charge in [0.15, 0.2) is 0 Å². The molecule has 0 unspecified atom stereocenters. The van der Waals surface area contributed by atoms with Gasteiger partial charge in [0.25, 0.3) is 5.91 Å². The molecule has 4 heteroatoms. The quantitative estimate of drug-likeness (QED) is 0.812. The van der Waals surface area contributed by atoms with E-state index in [9.17, 15) is 4.79 Å². The van der Waals surface area contributed by atoms with Crippen LogP contribution in [0.3, 0.4) is 0 Å². The molecule has 2 rings (SSSR count). The minimum Gasteiger partial charge on any atom is -0.345 e. The maximum absolute atomic E-state index is 11.9. The summed E-state index contributed by atoms with van der Waals surface area (Å²) in [5.74, 6) is -0.108. The van der Waals surface area contributed by atoms with Crippen LogP contribution in [0.5, 0.6) is 0 Å². The third kappa shape index (κ3) is 1.81. The lowest BCUT2D eigenvalue weighted by molar-refractivity contribution is 0.0816. The summed E-state index contributed by atoms with van der Waals surface area (Å²) in [4.78, 5) is 14.7. The summed E-state index contributed by atoms with van der Waals surface area (Å²) in [5.41, 5.74) is 0.884. The lowest BCUT2D eigenvalue weighted by Gasteiger charge is -2.41. The van der Waals surface area contributed by atoms with Crippen molar-refractivity contribution >= 4 is 5.91 Å². The minimum absolute atomic E-state index is 0.00496. The molecule has 1 aromatic heterocycles. The van der Waals surface area contributed by atoms with Crippen LogP contribution in [-0.4, -0.2) is 16.4 Å². The van der Waals surface area contributed by atoms with Crippen molar-refractivity contribution in [1.29, 1.82) is 5.26 Å². The number of H-pyrrole nitrogens is 1. The molecule has 0 spiro atoms. The van der Waals surface area contributed by atoms with E-state index in [0.717, 1.165) is 19.3 Å². The predicted molar refractivity (Wildman–Crippen MR) is 59.8 cm³/mol. The van der Waals surface area contributed by atoms with Gasteiger partial charge in [0.1, 0.15) is 17.5 Å². The van der Waals surface area contributed by atoms with Gasteiger partial charge in [0.2, 0.25) is 0 Å². The molecule has 84 valence electrons. The predicted octanol–water partition coefficient (Wildman–Crippen LogP) is 1.95. The first-order chi connectivity index (χ1) is 7.69. The molecule has 1 saturated carbocycles. The fourth-order valence-corrected chi connectivity index (χ4v) is 2.07. The molecule has 0 saturated heterocycles. The highest BCUT2D eigenvalue weighted by atomic mass is 16.2. The minimum atomic E-state index is -0.108. The number of amides is 1. The number of hydrogen-bond acceptors (Lipinski definition) is 2. The van der Waals surface area contributed by atoms with Crippen LogP contribution in [0, 0.1) is 11.3 Å². The largest absolute Gasteiger partial charge is 0.345 e. The molecule has 0 radical (unpaired) electrons. The van der Waals surface area contributed by atoms with E-state index >= 15 is 0 Å². The van der Waals surface area contributed by atoms with E-state index in [-0.39, 0.29) is 11.4 Å². The summed E-state index contributed by atoms with van der Waals surface area (Å²) in [6, 6.07) is 5.24. The van der Waals surface area contributed by atoms with Crippen molar-refractivity contribution in [3.05, 3.63) is 23.5 Å². The Labute approximate surface area is 94.7 Å². The van der Waals surface area contributed by atoms with Crippen molar-refractivity contribution in [2.45, 2.75) is 38.1 Å². The SMILES string of the molecule is CCC1(NC(=O)c2ccc(C#N)[nH]2)CCC1. The molecule has 0 atom stereocenters. The second-order valence-electron chi connectivity index (χ2n) is 4.34. The third-order valence-electron chi connectivity index (χ3n) is 3.42. The van der Waals surface area contributed by atoms with E-state index in [1.807, 2.05) is 6.07 Å². The average molecular weight is 217 g/mol. The first-order valence-electron chi connectivity index (χ1n) is 5.61. The Morgan fingerprint density at radius 1 is 1.62 bits per heavy atom. The summed E-state index contributed by atoms with van der Waals surface area (Å²) in [5, 5.41) is 11.7. The summed E-state index contributed by atoms with van der Waals surface area (Å²) >= 11 is 0. The van der Waals surface area contributed by atoms with Gasteiger partial charge in [-0.1, -0.05) is 6.92 Å². The molecule has 1 heterocycles. The van der Waals surface area contributed by atoms with Gasteiger partial charge < -0.3 is 10.3 Å². The first-order valence-corrected chi connectivity index (χ1v) is 5.61. The maximum Gasteiger partial charge on any atom is 0.268 e. The zero-order valence-corrected chi connectivity index (χ0v) is 9.34. The topological polar surface area (TPSA) is 68.7 Å². The van der Waals surface area contributed by atoms with Crippen molar-refractivity contribution in [1.82, 2.24) is 10.3 Å². The lowest BCUT2D eigenvalue weighted by Crippen LogP contribution is -2.53. The molecule has 0 aliphatic heterocycles. The van der Waals surface area contributed by atoms with E-state index in [2.05, 4.69) is 17.2 Å². The van der Waals surface area contributed by atoms with Crippen LogP contribution >= 0.6 is 0 Å². The molecular formula is C12H15N3O.